The minimum absolute atomic E-state index is 0.0612. The van der Waals surface area contributed by atoms with Crippen molar-refractivity contribution in [1.29, 1.82) is 0 Å². The van der Waals surface area contributed by atoms with Crippen LogP contribution in [0.5, 0.6) is 0 Å². The van der Waals surface area contributed by atoms with E-state index in [0.29, 0.717) is 10.9 Å². The van der Waals surface area contributed by atoms with E-state index in [0.717, 1.165) is 29.0 Å². The van der Waals surface area contributed by atoms with Gasteiger partial charge in [-0.05, 0) is 58.0 Å². The predicted molar refractivity (Wildman–Crippen MR) is 81.8 cm³/mol. The van der Waals surface area contributed by atoms with Crippen LogP contribution < -0.4 is 11.3 Å². The van der Waals surface area contributed by atoms with Crippen LogP contribution in [0, 0.1) is 5.82 Å². The van der Waals surface area contributed by atoms with E-state index in [-0.39, 0.29) is 11.9 Å². The SMILES string of the molecule is CCCc1nnsc1C(Cc1ccc(F)c(Br)c1)NN. The van der Waals surface area contributed by atoms with E-state index in [1.807, 2.05) is 0 Å². The van der Waals surface area contributed by atoms with Crippen LogP contribution in [-0.4, -0.2) is 9.59 Å². The van der Waals surface area contributed by atoms with Gasteiger partial charge in [-0.25, -0.2) is 4.39 Å². The number of hydrazine groups is 1. The van der Waals surface area contributed by atoms with Crippen molar-refractivity contribution in [3.63, 3.8) is 0 Å². The van der Waals surface area contributed by atoms with Crippen molar-refractivity contribution in [3.05, 3.63) is 44.6 Å². The molecular formula is C13H16BrFN4S. The predicted octanol–water partition coefficient (Wildman–Crippen LogP) is 3.14. The summed E-state index contributed by atoms with van der Waals surface area (Å²) in [6, 6.07) is 4.92. The van der Waals surface area contributed by atoms with E-state index in [4.69, 9.17) is 5.84 Å². The number of nitrogens with zero attached hydrogens (tertiary/aromatic N) is 2. The molecule has 1 unspecified atom stereocenters. The van der Waals surface area contributed by atoms with Crippen molar-refractivity contribution in [2.24, 2.45) is 5.84 Å². The average molecular weight is 359 g/mol. The molecule has 3 N–H and O–H groups in total. The summed E-state index contributed by atoms with van der Waals surface area (Å²) in [5.41, 5.74) is 4.79. The molecule has 108 valence electrons. The van der Waals surface area contributed by atoms with Gasteiger partial charge in [0.25, 0.3) is 0 Å². The van der Waals surface area contributed by atoms with Gasteiger partial charge in [0.15, 0.2) is 0 Å². The van der Waals surface area contributed by atoms with Crippen molar-refractivity contribution in [1.82, 2.24) is 15.0 Å². The fourth-order valence-corrected chi connectivity index (χ4v) is 3.20. The van der Waals surface area contributed by atoms with Gasteiger partial charge >= 0.3 is 0 Å². The van der Waals surface area contributed by atoms with Crippen LogP contribution >= 0.6 is 27.5 Å². The molecule has 0 aliphatic rings. The van der Waals surface area contributed by atoms with Crippen LogP contribution in [0.15, 0.2) is 22.7 Å². The summed E-state index contributed by atoms with van der Waals surface area (Å²) in [5.74, 6) is 5.39. The number of aromatic nitrogens is 2. The van der Waals surface area contributed by atoms with Crippen molar-refractivity contribution >= 4 is 27.5 Å². The first-order valence-electron chi connectivity index (χ1n) is 6.36. The number of nitrogens with one attached hydrogen (secondary N) is 1. The van der Waals surface area contributed by atoms with Crippen LogP contribution in [0.25, 0.3) is 0 Å². The fraction of sp³-hybridized carbons (Fsp3) is 0.385. The van der Waals surface area contributed by atoms with E-state index in [2.05, 4.69) is 37.9 Å². The Balaban J connectivity index is 2.19. The molecule has 0 saturated carbocycles. The molecule has 0 saturated heterocycles. The van der Waals surface area contributed by atoms with Gasteiger partial charge in [-0.1, -0.05) is 23.9 Å². The minimum Gasteiger partial charge on any atom is -0.271 e. The molecule has 1 atom stereocenters. The summed E-state index contributed by atoms with van der Waals surface area (Å²) in [4.78, 5) is 1.05. The van der Waals surface area contributed by atoms with Crippen molar-refractivity contribution < 1.29 is 4.39 Å². The first-order chi connectivity index (χ1) is 9.65. The van der Waals surface area contributed by atoms with Gasteiger partial charge in [0.2, 0.25) is 0 Å². The summed E-state index contributed by atoms with van der Waals surface area (Å²) in [6.07, 6.45) is 2.56. The molecule has 4 nitrogen and oxygen atoms in total. The summed E-state index contributed by atoms with van der Waals surface area (Å²) < 4.78 is 17.7. The zero-order chi connectivity index (χ0) is 14.5. The third-order valence-corrected chi connectivity index (χ3v) is 4.50. The van der Waals surface area contributed by atoms with Gasteiger partial charge in [0.1, 0.15) is 5.82 Å². The molecular weight excluding hydrogens is 343 g/mol. The van der Waals surface area contributed by atoms with E-state index in [9.17, 15) is 4.39 Å². The smallest absolute Gasteiger partial charge is 0.137 e. The number of rotatable bonds is 6. The van der Waals surface area contributed by atoms with Crippen LogP contribution in [0.2, 0.25) is 0 Å². The monoisotopic (exact) mass is 358 g/mol. The summed E-state index contributed by atoms with van der Waals surface area (Å²) in [7, 11) is 0. The summed E-state index contributed by atoms with van der Waals surface area (Å²) in [6.45, 7) is 2.10. The number of nitrogens with two attached hydrogens (primary N) is 1. The van der Waals surface area contributed by atoms with Gasteiger partial charge in [0, 0.05) is 0 Å². The Morgan fingerprint density at radius 3 is 2.95 bits per heavy atom. The highest BCUT2D eigenvalue weighted by atomic mass is 79.9. The van der Waals surface area contributed by atoms with Crippen LogP contribution in [0.4, 0.5) is 4.39 Å². The van der Waals surface area contributed by atoms with E-state index < -0.39 is 0 Å². The average Bonchev–Trinajstić information content (AvgIpc) is 2.88. The lowest BCUT2D eigenvalue weighted by molar-refractivity contribution is 0.552. The molecule has 1 heterocycles. The molecule has 1 aromatic heterocycles. The molecule has 0 bridgehead atoms. The van der Waals surface area contributed by atoms with E-state index in [1.165, 1.54) is 17.6 Å². The lowest BCUT2D eigenvalue weighted by Crippen LogP contribution is -2.29. The Morgan fingerprint density at radius 2 is 2.30 bits per heavy atom. The largest absolute Gasteiger partial charge is 0.271 e. The number of hydrogen-bond donors (Lipinski definition) is 2. The third-order valence-electron chi connectivity index (χ3n) is 3.01. The Hall–Kier alpha value is -0.890. The molecule has 0 aliphatic heterocycles. The zero-order valence-electron chi connectivity index (χ0n) is 11.1. The van der Waals surface area contributed by atoms with Crippen LogP contribution in [0.1, 0.15) is 35.5 Å². The molecule has 20 heavy (non-hydrogen) atoms. The first-order valence-corrected chi connectivity index (χ1v) is 7.93. The van der Waals surface area contributed by atoms with Crippen molar-refractivity contribution in [2.45, 2.75) is 32.2 Å². The maximum absolute atomic E-state index is 13.3. The van der Waals surface area contributed by atoms with E-state index in [1.54, 1.807) is 12.1 Å². The Labute approximate surface area is 129 Å². The van der Waals surface area contributed by atoms with Crippen LogP contribution in [0.3, 0.4) is 0 Å². The first kappa shape index (κ1) is 15.5. The normalized spacial score (nSPS) is 12.6. The Bertz CT molecular complexity index is 575. The highest BCUT2D eigenvalue weighted by molar-refractivity contribution is 9.10. The maximum atomic E-state index is 13.3. The Kier molecular flexibility index (Phi) is 5.59. The minimum atomic E-state index is -0.267. The number of halogens is 2. The number of hydrogen-bond acceptors (Lipinski definition) is 5. The summed E-state index contributed by atoms with van der Waals surface area (Å²) >= 11 is 4.56. The quantitative estimate of drug-likeness (QED) is 0.614. The standard InChI is InChI=1S/C13H16BrFN4S/c1-2-3-11-13(20-19-18-11)12(17-16)7-8-4-5-10(15)9(14)6-8/h4-6,12,17H,2-3,7,16H2,1H3. The molecule has 0 spiro atoms. The lowest BCUT2D eigenvalue weighted by Gasteiger charge is -2.15. The molecule has 1 aromatic carbocycles. The highest BCUT2D eigenvalue weighted by Crippen LogP contribution is 2.26. The number of aryl methyl sites for hydroxylation is 1. The molecule has 0 fully saturated rings. The second kappa shape index (κ2) is 7.21. The molecule has 7 heteroatoms. The van der Waals surface area contributed by atoms with Gasteiger partial charge in [-0.3, -0.25) is 11.3 Å². The number of benzene rings is 1. The molecule has 2 rings (SSSR count). The zero-order valence-corrected chi connectivity index (χ0v) is 13.5. The second-order valence-electron chi connectivity index (χ2n) is 4.51. The van der Waals surface area contributed by atoms with Gasteiger partial charge in [0.05, 0.1) is 21.1 Å². The van der Waals surface area contributed by atoms with Gasteiger partial charge in [-0.2, -0.15) is 0 Å². The van der Waals surface area contributed by atoms with Gasteiger partial charge < -0.3 is 0 Å². The molecule has 0 radical (unpaired) electrons. The molecule has 0 aliphatic carbocycles. The third kappa shape index (κ3) is 3.60. The highest BCUT2D eigenvalue weighted by Gasteiger charge is 2.18. The van der Waals surface area contributed by atoms with Crippen LogP contribution in [-0.2, 0) is 12.8 Å². The van der Waals surface area contributed by atoms with Crippen molar-refractivity contribution in [3.8, 4) is 0 Å². The Morgan fingerprint density at radius 1 is 1.50 bits per heavy atom. The van der Waals surface area contributed by atoms with Crippen molar-refractivity contribution in [2.75, 3.05) is 0 Å². The molecule has 0 amide bonds. The topological polar surface area (TPSA) is 63.8 Å². The second-order valence-corrected chi connectivity index (χ2v) is 6.15. The lowest BCUT2D eigenvalue weighted by atomic mass is 10.0. The molecule has 2 aromatic rings. The van der Waals surface area contributed by atoms with Gasteiger partial charge in [-0.15, -0.1) is 5.10 Å². The summed E-state index contributed by atoms with van der Waals surface area (Å²) in [5, 5.41) is 4.15. The van der Waals surface area contributed by atoms with E-state index >= 15 is 0 Å². The fourth-order valence-electron chi connectivity index (χ4n) is 2.02. The maximum Gasteiger partial charge on any atom is 0.137 e.